The number of benzene rings is 4. The van der Waals surface area contributed by atoms with Crippen molar-refractivity contribution in [3.05, 3.63) is 125 Å². The average molecular weight is 588 g/mol. The molecule has 1 heterocycles. The lowest BCUT2D eigenvalue weighted by Gasteiger charge is -2.38. The van der Waals surface area contributed by atoms with Gasteiger partial charge in [-0.3, -0.25) is 14.5 Å². The Hall–Kier alpha value is -5.50. The van der Waals surface area contributed by atoms with Gasteiger partial charge in [0.15, 0.2) is 11.6 Å². The Kier molecular flexibility index (Phi) is 9.00. The first-order valence-electron chi connectivity index (χ1n) is 14.2. The van der Waals surface area contributed by atoms with Crippen molar-refractivity contribution in [2.24, 2.45) is 16.7 Å². The highest BCUT2D eigenvalue weighted by Gasteiger charge is 2.49. The van der Waals surface area contributed by atoms with Gasteiger partial charge in [-0.25, -0.2) is 4.79 Å². The highest BCUT2D eigenvalue weighted by Crippen LogP contribution is 2.42. The van der Waals surface area contributed by atoms with Crippen molar-refractivity contribution >= 4 is 35.4 Å². The van der Waals surface area contributed by atoms with Gasteiger partial charge in [-0.05, 0) is 40.3 Å². The van der Waals surface area contributed by atoms with E-state index < -0.39 is 24.0 Å². The van der Waals surface area contributed by atoms with E-state index in [1.807, 2.05) is 97.1 Å². The van der Waals surface area contributed by atoms with Gasteiger partial charge >= 0.3 is 5.97 Å². The van der Waals surface area contributed by atoms with Gasteiger partial charge in [0.2, 0.25) is 0 Å². The fourth-order valence-electron chi connectivity index (χ4n) is 5.38. The molecule has 1 amide bonds. The zero-order valence-corrected chi connectivity index (χ0v) is 24.4. The molecule has 0 saturated carbocycles. The van der Waals surface area contributed by atoms with Crippen molar-refractivity contribution < 1.29 is 19.1 Å². The largest absolute Gasteiger partial charge is 0.461 e. The third-order valence-electron chi connectivity index (χ3n) is 7.79. The molecule has 1 atom stereocenters. The van der Waals surface area contributed by atoms with Crippen molar-refractivity contribution in [1.82, 2.24) is 4.90 Å². The van der Waals surface area contributed by atoms with E-state index in [9.17, 15) is 14.4 Å². The Labute approximate surface area is 256 Å². The Balaban J connectivity index is 1.58. The molecule has 0 aromatic heterocycles. The molecule has 4 aromatic carbocycles. The number of likely N-dealkylation sites (N-methyl/N-ethyl adjacent to an activating group) is 1. The predicted octanol–water partition coefficient (Wildman–Crippen LogP) is 4.13. The summed E-state index contributed by atoms with van der Waals surface area (Å²) in [6.45, 7) is 0.176. The Morgan fingerprint density at radius 2 is 1.59 bits per heavy atom. The number of carbonyl (C=O) groups is 2. The van der Waals surface area contributed by atoms with Gasteiger partial charge in [-0.15, -0.1) is 0 Å². The number of nitrogens with zero attached hydrogens (tertiary/aromatic N) is 3. The number of hydrogen-bond donors (Lipinski definition) is 2. The molecule has 44 heavy (non-hydrogen) atoms. The number of rotatable bonds is 9. The molecule has 4 N–H and O–H groups in total. The van der Waals surface area contributed by atoms with Gasteiger partial charge in [-0.2, -0.15) is 5.10 Å². The molecule has 0 spiro atoms. The van der Waals surface area contributed by atoms with Crippen LogP contribution >= 0.6 is 0 Å². The fourth-order valence-corrected chi connectivity index (χ4v) is 5.38. The van der Waals surface area contributed by atoms with E-state index in [1.165, 1.54) is 11.1 Å². The molecule has 0 fully saturated rings. The van der Waals surface area contributed by atoms with Crippen LogP contribution in [0, 0.1) is 0 Å². The summed E-state index contributed by atoms with van der Waals surface area (Å²) >= 11 is 0. The van der Waals surface area contributed by atoms with Crippen molar-refractivity contribution in [2.45, 2.75) is 25.1 Å². The van der Waals surface area contributed by atoms with E-state index in [4.69, 9.17) is 16.3 Å². The van der Waals surface area contributed by atoms with Crippen LogP contribution in [0.3, 0.4) is 0 Å². The van der Waals surface area contributed by atoms with E-state index in [1.54, 1.807) is 18.0 Å². The monoisotopic (exact) mass is 587 g/mol. The van der Waals surface area contributed by atoms with Gasteiger partial charge in [0.05, 0.1) is 12.6 Å². The Bertz CT molecular complexity index is 1720. The first-order chi connectivity index (χ1) is 21.4. The van der Waals surface area contributed by atoms with Crippen molar-refractivity contribution in [1.29, 1.82) is 0 Å². The maximum Gasteiger partial charge on any atom is 0.310 e. The summed E-state index contributed by atoms with van der Waals surface area (Å²) in [7, 11) is 1.65. The first kappa shape index (κ1) is 30.0. The molecule has 5 rings (SSSR count). The topological polar surface area (TPSA) is 131 Å². The molecule has 0 radical (unpaired) electrons. The minimum atomic E-state index is -1.86. The van der Waals surface area contributed by atoms with Crippen molar-refractivity contribution in [3.8, 4) is 11.1 Å². The maximum atomic E-state index is 14.4. The Morgan fingerprint density at radius 1 is 0.932 bits per heavy atom. The third kappa shape index (κ3) is 6.15. The molecule has 222 valence electrons. The van der Waals surface area contributed by atoms with Crippen LogP contribution in [0.1, 0.15) is 28.7 Å². The number of nitrogens with two attached hydrogens (primary N) is 2. The summed E-state index contributed by atoms with van der Waals surface area (Å²) in [5.74, 6) is 6.11. The van der Waals surface area contributed by atoms with E-state index in [0.29, 0.717) is 23.2 Å². The number of anilines is 1. The van der Waals surface area contributed by atoms with Crippen molar-refractivity contribution in [3.63, 3.8) is 0 Å². The van der Waals surface area contributed by atoms with Gasteiger partial charge in [-0.1, -0.05) is 97.1 Å². The quantitative estimate of drug-likeness (QED) is 0.0990. The predicted molar refractivity (Wildman–Crippen MR) is 171 cm³/mol. The molecule has 0 bridgehead atoms. The smallest absolute Gasteiger partial charge is 0.310 e. The molecular weight excluding hydrogens is 554 g/mol. The second-order valence-corrected chi connectivity index (χ2v) is 10.5. The number of carbonyl (C=O) groups excluding carboxylic acids is 3. The van der Waals surface area contributed by atoms with E-state index in [0.717, 1.165) is 22.3 Å². The zero-order valence-electron chi connectivity index (χ0n) is 24.4. The van der Waals surface area contributed by atoms with Gasteiger partial charge in [0.25, 0.3) is 5.91 Å². The molecule has 0 aliphatic carbocycles. The lowest BCUT2D eigenvalue weighted by Crippen LogP contribution is -2.64. The number of ether oxygens (including phenoxy) is 1. The summed E-state index contributed by atoms with van der Waals surface area (Å²) in [4.78, 5) is 43.4. The molecule has 1 aliphatic rings. The summed E-state index contributed by atoms with van der Waals surface area (Å²) in [5, 5.41) is 3.58. The normalized spacial score (nSPS) is 16.4. The van der Waals surface area contributed by atoms with E-state index in [2.05, 4.69) is 11.0 Å². The summed E-state index contributed by atoms with van der Waals surface area (Å²) in [6.07, 6.45) is 1.53. The molecule has 1 aliphatic heterocycles. The highest BCUT2D eigenvalue weighted by atomic mass is 16.5. The van der Waals surface area contributed by atoms with Crippen LogP contribution in [0.5, 0.6) is 0 Å². The second-order valence-electron chi connectivity index (χ2n) is 10.5. The summed E-state index contributed by atoms with van der Waals surface area (Å²) in [5.41, 5.74) is 10.1. The zero-order chi connectivity index (χ0) is 31.1. The minimum Gasteiger partial charge on any atom is -0.461 e. The lowest BCUT2D eigenvalue weighted by atomic mass is 9.94. The molecule has 9 heteroatoms. The number of hydrazone groups is 1. The van der Waals surface area contributed by atoms with Crippen LogP contribution in [-0.2, 0) is 32.1 Å². The van der Waals surface area contributed by atoms with Crippen LogP contribution in [-0.4, -0.2) is 48.2 Å². The Morgan fingerprint density at radius 3 is 2.23 bits per heavy atom. The van der Waals surface area contributed by atoms with Crippen LogP contribution in [0.25, 0.3) is 16.8 Å². The number of amides is 1. The standard InChI is InChI=1S/C35H33N5O4/c1-39-30-14-8-13-29(28-17-15-26(16-18-28)22-38-37)33(30)31(23-41)40(20-19-25-9-4-2-5-10-25)34(43)35(39,36)21-32(42)44-24-27-11-6-3-7-12-27/h2-18,22H,19-21,24,36-37H2,1H3. The van der Waals surface area contributed by atoms with E-state index in [-0.39, 0.29) is 18.8 Å². The molecule has 0 saturated heterocycles. The third-order valence-corrected chi connectivity index (χ3v) is 7.79. The first-order valence-corrected chi connectivity index (χ1v) is 14.2. The minimum absolute atomic E-state index is 0.0382. The number of fused-ring (bicyclic) bond motifs is 1. The molecular formula is C35H33N5O4. The highest BCUT2D eigenvalue weighted by molar-refractivity contribution is 6.09. The van der Waals surface area contributed by atoms with Gasteiger partial charge in [0.1, 0.15) is 12.3 Å². The molecule has 4 aromatic rings. The van der Waals surface area contributed by atoms with Gasteiger partial charge < -0.3 is 21.2 Å². The second kappa shape index (κ2) is 13.2. The number of esters is 1. The van der Waals surface area contributed by atoms with Crippen LogP contribution < -0.4 is 16.5 Å². The van der Waals surface area contributed by atoms with Gasteiger partial charge in [0, 0.05) is 24.8 Å². The van der Waals surface area contributed by atoms with Crippen molar-refractivity contribution in [2.75, 3.05) is 18.5 Å². The van der Waals surface area contributed by atoms with Crippen LogP contribution in [0.2, 0.25) is 0 Å². The number of hydrogen-bond acceptors (Lipinski definition) is 8. The molecule has 1 unspecified atom stereocenters. The maximum absolute atomic E-state index is 14.4. The fraction of sp³-hybridized carbons (Fsp3) is 0.171. The SMILES string of the molecule is CN1c2cccc(-c3ccc(C=NN)cc3)c2C(=C=O)N(CCc2ccccc2)C(=O)C1(N)CC(=O)OCc1ccccc1. The van der Waals surface area contributed by atoms with Crippen LogP contribution in [0.15, 0.2) is 108 Å². The summed E-state index contributed by atoms with van der Waals surface area (Å²) < 4.78 is 5.54. The average Bonchev–Trinajstić information content (AvgIpc) is 3.12. The summed E-state index contributed by atoms with van der Waals surface area (Å²) in [6, 6.07) is 31.8. The lowest BCUT2D eigenvalue weighted by molar-refractivity contribution is -0.150. The van der Waals surface area contributed by atoms with Crippen LogP contribution in [0.4, 0.5) is 5.69 Å². The molecule has 9 nitrogen and oxygen atoms in total. The van der Waals surface area contributed by atoms with E-state index >= 15 is 0 Å².